The van der Waals surface area contributed by atoms with E-state index in [4.69, 9.17) is 16.9 Å². The van der Waals surface area contributed by atoms with Gasteiger partial charge >= 0.3 is 0 Å². The fourth-order valence-corrected chi connectivity index (χ4v) is 5.11. The van der Waals surface area contributed by atoms with Crippen LogP contribution in [0.2, 0.25) is 4.34 Å². The molecule has 116 valence electrons. The van der Waals surface area contributed by atoms with Crippen LogP contribution in [-0.2, 0) is 14.8 Å². The zero-order valence-electron chi connectivity index (χ0n) is 11.2. The first kappa shape index (κ1) is 16.9. The first-order valence-corrected chi connectivity index (χ1v) is 9.35. The van der Waals surface area contributed by atoms with Gasteiger partial charge in [0, 0.05) is 7.05 Å². The van der Waals surface area contributed by atoms with Crippen LogP contribution in [0.4, 0.5) is 5.00 Å². The molecular formula is C12H10ClN3O3S3. The third-order valence-electron chi connectivity index (χ3n) is 2.62. The normalized spacial score (nSPS) is 11.4. The maximum Gasteiger partial charge on any atom is 0.252 e. The van der Waals surface area contributed by atoms with Gasteiger partial charge in [-0.1, -0.05) is 11.6 Å². The molecule has 0 radical (unpaired) electrons. The van der Waals surface area contributed by atoms with Gasteiger partial charge < -0.3 is 5.32 Å². The molecule has 2 aromatic rings. The Bertz CT molecular complexity index is 835. The molecule has 0 aliphatic rings. The molecule has 0 aliphatic carbocycles. The van der Waals surface area contributed by atoms with Crippen molar-refractivity contribution < 1.29 is 13.2 Å². The summed E-state index contributed by atoms with van der Waals surface area (Å²) < 4.78 is 25.9. The van der Waals surface area contributed by atoms with Crippen molar-refractivity contribution in [1.29, 1.82) is 5.26 Å². The molecule has 0 saturated carbocycles. The SMILES string of the molecule is CN(CC(=O)Nc1sccc1C#N)S(=O)(=O)c1ccc(Cl)s1. The van der Waals surface area contributed by atoms with Crippen LogP contribution in [0.5, 0.6) is 0 Å². The van der Waals surface area contributed by atoms with Crippen LogP contribution in [-0.4, -0.2) is 32.2 Å². The first-order chi connectivity index (χ1) is 10.3. The molecule has 0 unspecified atom stereocenters. The second-order valence-electron chi connectivity index (χ2n) is 4.14. The summed E-state index contributed by atoms with van der Waals surface area (Å²) in [7, 11) is -2.46. The number of nitriles is 1. The molecular weight excluding hydrogens is 366 g/mol. The van der Waals surface area contributed by atoms with E-state index in [-0.39, 0.29) is 10.8 Å². The monoisotopic (exact) mass is 375 g/mol. The van der Waals surface area contributed by atoms with Crippen molar-refractivity contribution in [3.05, 3.63) is 33.5 Å². The molecule has 0 spiro atoms. The van der Waals surface area contributed by atoms with Crippen LogP contribution in [0, 0.1) is 11.3 Å². The number of hydrogen-bond acceptors (Lipinski definition) is 6. The van der Waals surface area contributed by atoms with E-state index in [0.29, 0.717) is 14.9 Å². The lowest BCUT2D eigenvalue weighted by atomic mass is 10.3. The number of nitrogens with one attached hydrogen (secondary N) is 1. The van der Waals surface area contributed by atoms with Crippen LogP contribution >= 0.6 is 34.3 Å². The first-order valence-electron chi connectivity index (χ1n) is 5.83. The highest BCUT2D eigenvalue weighted by Gasteiger charge is 2.25. The summed E-state index contributed by atoms with van der Waals surface area (Å²) in [4.78, 5) is 11.9. The highest BCUT2D eigenvalue weighted by molar-refractivity contribution is 7.91. The van der Waals surface area contributed by atoms with Crippen LogP contribution in [0.25, 0.3) is 0 Å². The van der Waals surface area contributed by atoms with Crippen molar-refractivity contribution in [3.63, 3.8) is 0 Å². The van der Waals surface area contributed by atoms with Crippen LogP contribution in [0.1, 0.15) is 5.56 Å². The Morgan fingerprint density at radius 2 is 2.18 bits per heavy atom. The van der Waals surface area contributed by atoms with Crippen molar-refractivity contribution in [2.24, 2.45) is 0 Å². The molecule has 0 saturated heterocycles. The maximum absolute atomic E-state index is 12.3. The third-order valence-corrected chi connectivity index (χ3v) is 6.95. The van der Waals surface area contributed by atoms with E-state index in [2.05, 4.69) is 5.32 Å². The molecule has 22 heavy (non-hydrogen) atoms. The fourth-order valence-electron chi connectivity index (χ4n) is 1.54. The number of carbonyl (C=O) groups excluding carboxylic acids is 1. The second-order valence-corrected chi connectivity index (χ2v) is 9.05. The van der Waals surface area contributed by atoms with E-state index >= 15 is 0 Å². The summed E-state index contributed by atoms with van der Waals surface area (Å²) in [5, 5.41) is 13.5. The molecule has 0 aromatic carbocycles. The molecule has 0 fully saturated rings. The summed E-state index contributed by atoms with van der Waals surface area (Å²) in [5.74, 6) is -0.521. The van der Waals surface area contributed by atoms with Crippen LogP contribution < -0.4 is 5.32 Å². The van der Waals surface area contributed by atoms with Crippen molar-refractivity contribution in [2.45, 2.75) is 4.21 Å². The Labute approximate surface area is 140 Å². The van der Waals surface area contributed by atoms with Crippen molar-refractivity contribution in [2.75, 3.05) is 18.9 Å². The average molecular weight is 376 g/mol. The lowest BCUT2D eigenvalue weighted by Crippen LogP contribution is -2.34. The topological polar surface area (TPSA) is 90.3 Å². The molecule has 10 heteroatoms. The number of carbonyl (C=O) groups is 1. The van der Waals surface area contributed by atoms with Gasteiger partial charge in [-0.15, -0.1) is 22.7 Å². The smallest absolute Gasteiger partial charge is 0.252 e. The Hall–Kier alpha value is -1.44. The van der Waals surface area contributed by atoms with Crippen molar-refractivity contribution in [1.82, 2.24) is 4.31 Å². The molecule has 0 bridgehead atoms. The van der Waals surface area contributed by atoms with Crippen LogP contribution in [0.3, 0.4) is 0 Å². The van der Waals surface area contributed by atoms with Gasteiger partial charge in [-0.05, 0) is 23.6 Å². The Kier molecular flexibility index (Phi) is 5.20. The third kappa shape index (κ3) is 3.66. The lowest BCUT2D eigenvalue weighted by Gasteiger charge is -2.15. The van der Waals surface area contributed by atoms with E-state index in [1.54, 1.807) is 11.4 Å². The number of halogens is 1. The summed E-state index contributed by atoms with van der Waals surface area (Å²) in [6, 6.07) is 6.40. The Balaban J connectivity index is 2.07. The van der Waals surface area contributed by atoms with Gasteiger partial charge in [0.15, 0.2) is 0 Å². The van der Waals surface area contributed by atoms with Gasteiger partial charge in [0.05, 0.1) is 16.4 Å². The number of nitrogens with zero attached hydrogens (tertiary/aromatic N) is 2. The quantitative estimate of drug-likeness (QED) is 0.869. The maximum atomic E-state index is 12.3. The van der Waals surface area contributed by atoms with E-state index in [1.807, 2.05) is 6.07 Å². The molecule has 0 aliphatic heterocycles. The average Bonchev–Trinajstić information content (AvgIpc) is 3.07. The predicted molar refractivity (Wildman–Crippen MR) is 86.8 cm³/mol. The Morgan fingerprint density at radius 3 is 2.77 bits per heavy atom. The molecule has 1 N–H and O–H groups in total. The number of hydrogen-bond donors (Lipinski definition) is 1. The predicted octanol–water partition coefficient (Wildman–Crippen LogP) is 2.59. The van der Waals surface area contributed by atoms with Gasteiger partial charge in [0.1, 0.15) is 15.3 Å². The van der Waals surface area contributed by atoms with Crippen molar-refractivity contribution >= 4 is 55.2 Å². The highest BCUT2D eigenvalue weighted by Crippen LogP contribution is 2.27. The van der Waals surface area contributed by atoms with Gasteiger partial charge in [0.2, 0.25) is 5.91 Å². The summed E-state index contributed by atoms with van der Waals surface area (Å²) in [5.41, 5.74) is 0.342. The zero-order valence-corrected chi connectivity index (χ0v) is 14.4. The van der Waals surface area contributed by atoms with Crippen molar-refractivity contribution in [3.8, 4) is 6.07 Å². The Morgan fingerprint density at radius 1 is 1.45 bits per heavy atom. The second kappa shape index (κ2) is 6.76. The molecule has 0 atom stereocenters. The minimum atomic E-state index is -3.76. The molecule has 6 nitrogen and oxygen atoms in total. The standard InChI is InChI=1S/C12H10ClN3O3S3/c1-16(22(18,19)11-3-2-9(13)21-11)7-10(17)15-12-8(6-14)4-5-20-12/h2-5H,7H2,1H3,(H,15,17). The van der Waals surface area contributed by atoms with E-state index < -0.39 is 15.9 Å². The van der Waals surface area contributed by atoms with Gasteiger partial charge in [-0.2, -0.15) is 9.57 Å². The number of anilines is 1. The van der Waals surface area contributed by atoms with Gasteiger partial charge in [-0.25, -0.2) is 8.42 Å². The van der Waals surface area contributed by atoms with E-state index in [0.717, 1.165) is 15.6 Å². The lowest BCUT2D eigenvalue weighted by molar-refractivity contribution is -0.116. The highest BCUT2D eigenvalue weighted by atomic mass is 35.5. The zero-order chi connectivity index (χ0) is 16.3. The minimum Gasteiger partial charge on any atom is -0.315 e. The van der Waals surface area contributed by atoms with Gasteiger partial charge in [0.25, 0.3) is 10.0 Å². The number of rotatable bonds is 5. The van der Waals surface area contributed by atoms with E-state index in [1.165, 1.54) is 30.5 Å². The molecule has 2 heterocycles. The summed E-state index contributed by atoms with van der Waals surface area (Å²) in [6.45, 7) is -0.360. The minimum absolute atomic E-state index is 0.0710. The fraction of sp³-hybridized carbons (Fsp3) is 0.167. The number of thiophene rings is 2. The summed E-state index contributed by atoms with van der Waals surface area (Å²) >= 11 is 7.86. The molecule has 2 aromatic heterocycles. The van der Waals surface area contributed by atoms with Crippen LogP contribution in [0.15, 0.2) is 27.8 Å². The van der Waals surface area contributed by atoms with Gasteiger partial charge in [-0.3, -0.25) is 4.79 Å². The number of likely N-dealkylation sites (N-methyl/N-ethyl adjacent to an activating group) is 1. The molecule has 2 rings (SSSR count). The van der Waals surface area contributed by atoms with E-state index in [9.17, 15) is 13.2 Å². The largest absolute Gasteiger partial charge is 0.315 e. The number of amides is 1. The number of sulfonamides is 1. The molecule has 1 amide bonds. The summed E-state index contributed by atoms with van der Waals surface area (Å²) in [6.07, 6.45) is 0.